The number of aromatic nitrogens is 8. The van der Waals surface area contributed by atoms with E-state index in [1.807, 2.05) is 121 Å². The van der Waals surface area contributed by atoms with Crippen LogP contribution in [0.4, 0.5) is 0 Å². The number of rotatable bonds is 40. The van der Waals surface area contributed by atoms with Crippen molar-refractivity contribution in [2.24, 2.45) is 0 Å². The fourth-order valence-corrected chi connectivity index (χ4v) is 19.2. The number of allylic oxidation sites excluding steroid dienone is 3. The monoisotopic (exact) mass is 1860 g/mol. The number of carbonyl (C=O) groups is 11. The number of carbonyl (C=O) groups excluding carboxylic acids is 11. The summed E-state index contributed by atoms with van der Waals surface area (Å²) in [7, 11) is 0. The Hall–Kier alpha value is -12.2. The molecule has 13 aromatic rings. The van der Waals surface area contributed by atoms with Gasteiger partial charge in [-0.3, -0.25) is 67.7 Å². The highest BCUT2D eigenvalue weighted by Gasteiger charge is 2.33. The Bertz CT molecular complexity index is 5530. The number of nitrogens with zero attached hydrogens (tertiary/aromatic N) is 8. The van der Waals surface area contributed by atoms with E-state index in [1.54, 1.807) is 79.4 Å². The van der Waals surface area contributed by atoms with Gasteiger partial charge in [-0.25, -0.2) is 24.9 Å². The molecule has 0 bridgehead atoms. The van der Waals surface area contributed by atoms with Gasteiger partial charge < -0.3 is 31.3 Å². The number of pyridine rings is 3. The smallest absolute Gasteiger partial charge is 0.270 e. The van der Waals surface area contributed by atoms with Gasteiger partial charge >= 0.3 is 0 Å². The predicted molar refractivity (Wildman–Crippen MR) is 521 cm³/mol. The lowest BCUT2D eigenvalue weighted by atomic mass is 10.0. The van der Waals surface area contributed by atoms with Crippen molar-refractivity contribution < 1.29 is 57.5 Å². The topological polar surface area (TPSA) is 360 Å². The van der Waals surface area contributed by atoms with Crippen LogP contribution >= 0.6 is 56.7 Å². The van der Waals surface area contributed by atoms with Gasteiger partial charge in [0.25, 0.3) is 17.7 Å². The van der Waals surface area contributed by atoms with Crippen LogP contribution < -0.4 is 26.6 Å². The van der Waals surface area contributed by atoms with Crippen LogP contribution in [0.3, 0.4) is 0 Å². The van der Waals surface area contributed by atoms with Gasteiger partial charge in [0.2, 0.25) is 40.7 Å². The molecule has 6 atom stereocenters. The van der Waals surface area contributed by atoms with Gasteiger partial charge in [-0.2, -0.15) is 0 Å². The summed E-state index contributed by atoms with van der Waals surface area (Å²) in [5, 5.41) is 16.6. The molecule has 8 aromatic heterocycles. The van der Waals surface area contributed by atoms with E-state index in [1.165, 1.54) is 69.0 Å². The molecule has 2 aliphatic rings. The number of Topliss-reactive ketones (excluding diaryl/α,β-unsaturated/α-hetero) is 5. The molecule has 15 rings (SSSR count). The van der Waals surface area contributed by atoms with Crippen LogP contribution in [0.25, 0.3) is 51.1 Å². The maximum atomic E-state index is 13.0. The minimum atomic E-state index is -0.633. The Balaban J connectivity index is 0.000000158. The molecule has 30 heteroatoms. The van der Waals surface area contributed by atoms with Gasteiger partial charge in [-0.05, 0) is 155 Å². The van der Waals surface area contributed by atoms with Crippen LogP contribution in [0.2, 0.25) is 0 Å². The average Bonchev–Trinajstić information content (AvgIpc) is 1.70. The highest BCUT2D eigenvalue weighted by molar-refractivity contribution is 7.22. The molecule has 131 heavy (non-hydrogen) atoms. The van der Waals surface area contributed by atoms with E-state index in [2.05, 4.69) is 101 Å². The first-order valence-electron chi connectivity index (χ1n) is 45.1. The zero-order valence-corrected chi connectivity index (χ0v) is 78.4. The number of nitrogens with one attached hydrogen (secondary N) is 5. The summed E-state index contributed by atoms with van der Waals surface area (Å²) in [4.78, 5) is 173. The Morgan fingerprint density at radius 3 is 1.06 bits per heavy atom. The number of amides is 5. The first-order valence-corrected chi connectivity index (χ1v) is 49.2. The van der Waals surface area contributed by atoms with Gasteiger partial charge in [0, 0.05) is 55.1 Å². The van der Waals surface area contributed by atoms with Gasteiger partial charge in [0.1, 0.15) is 11.8 Å². The normalized spacial score (nSPS) is 13.9. The number of hydrogen-bond acceptors (Lipinski definition) is 25. The Morgan fingerprint density at radius 2 is 0.725 bits per heavy atom. The van der Waals surface area contributed by atoms with Gasteiger partial charge in [0.15, 0.2) is 30.8 Å². The van der Waals surface area contributed by atoms with Crippen LogP contribution in [0.5, 0.6) is 0 Å². The SMILES string of the molecule is CCCCCC(NC(=O)C1=CC=CC(=O)C1)C(=O)c1nc2ccccc2s1.CCCCCC(NC(=O)C1CCCCO1)C(=O)c1nc2ccccc2s1.CCCCCC(NC(=O)c1ccccn1)C(=O)c1nc2ccccc2s1.CCCCCC(NC(=O)c1cccnc1)C(=O)c1nc2ccccc2s1.CCCCCC(NC(=O)c1ccncc1)C(=O)c1nc2ccccc2s1. The van der Waals surface area contributed by atoms with Crippen molar-refractivity contribution in [1.82, 2.24) is 66.5 Å². The molecule has 682 valence electrons. The molecule has 5 aromatic carbocycles. The minimum absolute atomic E-state index is 0.0688. The molecule has 0 spiro atoms. The molecule has 9 heterocycles. The summed E-state index contributed by atoms with van der Waals surface area (Å²) in [5.41, 5.74) is 5.70. The lowest BCUT2D eigenvalue weighted by Crippen LogP contribution is -2.47. The second kappa shape index (κ2) is 52.6. The molecule has 1 saturated heterocycles. The second-order valence-corrected chi connectivity index (χ2v) is 36.8. The Kier molecular flexibility index (Phi) is 39.9. The predicted octanol–water partition coefficient (Wildman–Crippen LogP) is 20.9. The fraction of sp³-hybridized carbons (Fsp3) is 0.356. The van der Waals surface area contributed by atoms with Gasteiger partial charge in [0.05, 0.1) is 86.9 Å². The van der Waals surface area contributed by atoms with E-state index >= 15 is 0 Å². The summed E-state index contributed by atoms with van der Waals surface area (Å²) < 4.78 is 10.4. The largest absolute Gasteiger partial charge is 0.368 e. The van der Waals surface area contributed by atoms with Crippen molar-refractivity contribution in [1.29, 1.82) is 0 Å². The number of fused-ring (bicyclic) bond motifs is 5. The maximum Gasteiger partial charge on any atom is 0.270 e. The quantitative estimate of drug-likeness (QED) is 0.0176. The zero-order valence-electron chi connectivity index (χ0n) is 74.4. The first-order chi connectivity index (χ1) is 63.8. The molecular weight excluding hydrogens is 1750 g/mol. The second-order valence-electron chi connectivity index (χ2n) is 31.6. The third-order valence-electron chi connectivity index (χ3n) is 21.6. The molecule has 5 amide bonds. The van der Waals surface area contributed by atoms with Crippen molar-refractivity contribution in [3.63, 3.8) is 0 Å². The lowest BCUT2D eigenvalue weighted by Gasteiger charge is -2.24. The standard InChI is InChI=1S/C21H22N2O3S.3C20H21N3O2S.C20H26N2O3S/c1-2-3-4-11-17(22-20(26)14-8-7-9-15(24)13-14)19(25)21-23-16-10-5-6-12-18(16)27-21;1-2-3-4-10-15(22-19(25)16-11-7-8-13-21-16)18(24)20-23-14-9-5-6-12-17(14)26-20;1-2-3-4-10-16(22-19(25)14-8-7-12-21-13-14)18(24)20-23-15-9-5-6-11-17(15)26-20;1-2-3-4-8-16(22-19(25)14-10-12-21-13-11-14)18(24)20-23-15-7-5-6-9-17(15)26-20;1-2-3-4-10-15(21-19(24)16-11-7-8-13-25-16)18(23)20-22-14-9-5-6-12-17(14)26-20/h5-10,12,17H,2-4,11,13H2,1H3,(H,22,26);5-9,11-13,15H,2-4,10H2,1H3,(H,22,25);5-9,11-13,16H,2-4,10H2,1H3,(H,22,25);5-7,9-13,16H,2-4,8H2,1H3,(H,22,25);5-6,9,12,15-16H,2-4,7-8,10-11,13H2,1H3,(H,21,24). The maximum absolute atomic E-state index is 13.0. The first kappa shape index (κ1) is 99.4. The molecule has 6 unspecified atom stereocenters. The molecule has 5 N–H and O–H groups in total. The van der Waals surface area contributed by atoms with Crippen molar-refractivity contribution >= 4 is 172 Å². The van der Waals surface area contributed by atoms with Crippen LogP contribution in [0.1, 0.15) is 269 Å². The van der Waals surface area contributed by atoms with Crippen LogP contribution in [0, 0.1) is 0 Å². The minimum Gasteiger partial charge on any atom is -0.368 e. The third-order valence-corrected chi connectivity index (χ3v) is 26.9. The van der Waals surface area contributed by atoms with E-state index in [4.69, 9.17) is 4.74 Å². The summed E-state index contributed by atoms with van der Waals surface area (Å²) >= 11 is 6.85. The van der Waals surface area contributed by atoms with E-state index < -0.39 is 36.3 Å². The number of thiazole rings is 5. The summed E-state index contributed by atoms with van der Waals surface area (Å²) in [5.74, 6) is -2.15. The zero-order chi connectivity index (χ0) is 92.6. The molecule has 1 aliphatic heterocycles. The van der Waals surface area contributed by atoms with Crippen LogP contribution in [-0.2, 0) is 19.1 Å². The fourth-order valence-electron chi connectivity index (χ4n) is 14.4. The average molecular weight is 1860 g/mol. The molecule has 0 saturated carbocycles. The molecule has 1 fully saturated rings. The highest BCUT2D eigenvalue weighted by Crippen LogP contribution is 2.31. The summed E-state index contributed by atoms with van der Waals surface area (Å²) in [6.45, 7) is 11.2. The number of benzene rings is 5. The molecule has 25 nitrogen and oxygen atoms in total. The molecule has 1 aliphatic carbocycles. The van der Waals surface area contributed by atoms with Gasteiger partial charge in [-0.1, -0.05) is 210 Å². The Labute approximate surface area is 782 Å². The Morgan fingerprint density at radius 1 is 0.366 bits per heavy atom. The number of ether oxygens (including phenoxy) is 1. The van der Waals surface area contributed by atoms with Gasteiger partial charge in [-0.15, -0.1) is 56.7 Å². The summed E-state index contributed by atoms with van der Waals surface area (Å²) in [6, 6.07) is 47.3. The lowest BCUT2D eigenvalue weighted by molar-refractivity contribution is -0.136. The third kappa shape index (κ3) is 29.9. The number of para-hydroxylation sites is 5. The number of ketones is 6. The van der Waals surface area contributed by atoms with Crippen LogP contribution in [0.15, 0.2) is 219 Å². The van der Waals surface area contributed by atoms with Crippen molar-refractivity contribution in [3.05, 3.63) is 260 Å². The molecule has 0 radical (unpaired) electrons. The number of unbranched alkanes of at least 4 members (excludes halogenated alkanes) is 10. The van der Waals surface area contributed by atoms with Crippen molar-refractivity contribution in [3.8, 4) is 0 Å². The van der Waals surface area contributed by atoms with E-state index in [9.17, 15) is 52.7 Å². The van der Waals surface area contributed by atoms with Crippen molar-refractivity contribution in [2.45, 2.75) is 225 Å². The van der Waals surface area contributed by atoms with E-state index in [-0.39, 0.29) is 70.7 Å². The molecular formula is C101H111N13O12S5. The summed E-state index contributed by atoms with van der Waals surface area (Å²) in [6.07, 6.45) is 32.6. The number of hydrogen-bond donors (Lipinski definition) is 5. The van der Waals surface area contributed by atoms with Crippen molar-refractivity contribution in [2.75, 3.05) is 6.61 Å². The van der Waals surface area contributed by atoms with E-state index in [0.29, 0.717) is 86.1 Å². The van der Waals surface area contributed by atoms with E-state index in [0.717, 1.165) is 167 Å². The highest BCUT2D eigenvalue weighted by atomic mass is 32.1. The van der Waals surface area contributed by atoms with Crippen LogP contribution in [-0.4, -0.2) is 147 Å².